The first kappa shape index (κ1) is 17.9. The number of phenolic OH excluding ortho intramolecular Hbond substituents is 1. The van der Waals surface area contributed by atoms with E-state index < -0.39 is 0 Å². The zero-order valence-electron chi connectivity index (χ0n) is 14.2. The van der Waals surface area contributed by atoms with Crippen LogP contribution in [0.15, 0.2) is 79.4 Å². The maximum atomic E-state index is 11.3. The van der Waals surface area contributed by atoms with Gasteiger partial charge in [-0.15, -0.1) is 0 Å². The van der Waals surface area contributed by atoms with Crippen molar-refractivity contribution in [3.8, 4) is 5.75 Å². The molecule has 7 heteroatoms. The molecule has 0 saturated heterocycles. The normalized spacial score (nSPS) is 11.2. The van der Waals surface area contributed by atoms with Crippen LogP contribution in [0.3, 0.4) is 0 Å². The van der Waals surface area contributed by atoms with Crippen molar-refractivity contribution in [3.05, 3.63) is 82.2 Å². The number of benzene rings is 2. The average molecular weight is 365 g/mol. The molecule has 27 heavy (non-hydrogen) atoms. The van der Waals surface area contributed by atoms with Gasteiger partial charge >= 0.3 is 5.63 Å². The Morgan fingerprint density at radius 2 is 1.67 bits per heavy atom. The molecule has 0 radical (unpaired) electrons. The summed E-state index contributed by atoms with van der Waals surface area (Å²) in [5.41, 5.74) is 0.716. The third-order valence-electron chi connectivity index (χ3n) is 3.73. The molecule has 0 atom stereocenters. The van der Waals surface area contributed by atoms with Gasteiger partial charge in [0.05, 0.1) is 5.56 Å². The minimum absolute atomic E-state index is 0.0377. The minimum atomic E-state index is -0.302. The summed E-state index contributed by atoms with van der Waals surface area (Å²) in [6.07, 6.45) is 0. The van der Waals surface area contributed by atoms with Gasteiger partial charge in [-0.2, -0.15) is 0 Å². The van der Waals surface area contributed by atoms with E-state index in [0.29, 0.717) is 16.6 Å². The first-order chi connectivity index (χ1) is 13.0. The van der Waals surface area contributed by atoms with Gasteiger partial charge in [-0.05, 0) is 42.4 Å². The lowest BCUT2D eigenvalue weighted by molar-refractivity contribution is 0.101. The van der Waals surface area contributed by atoms with Crippen molar-refractivity contribution in [3.63, 3.8) is 0 Å². The standard InChI is InChI=1S/C11H9NO4.C9H6O2/c1-6(13)9-4-7-2-3-8(14)5-10(7)16-11(9)12-15;10-9-6-5-7-3-1-2-4-8(7)11-9/h2-5,14-15H,1H3;1-6H. The van der Waals surface area contributed by atoms with Gasteiger partial charge in [0.15, 0.2) is 5.78 Å². The average Bonchev–Trinajstić information content (AvgIpc) is 2.67. The molecule has 7 nitrogen and oxygen atoms in total. The van der Waals surface area contributed by atoms with Crippen molar-refractivity contribution in [2.45, 2.75) is 6.92 Å². The highest BCUT2D eigenvalue weighted by molar-refractivity contribution is 5.96. The number of carbonyl (C=O) groups is 1. The van der Waals surface area contributed by atoms with E-state index in [-0.39, 0.29) is 28.3 Å². The molecular formula is C20H15NO6. The van der Waals surface area contributed by atoms with Crippen LogP contribution in [0.25, 0.3) is 21.9 Å². The van der Waals surface area contributed by atoms with Crippen LogP contribution in [0.2, 0.25) is 0 Å². The molecule has 136 valence electrons. The molecule has 4 rings (SSSR count). The van der Waals surface area contributed by atoms with E-state index in [0.717, 1.165) is 5.39 Å². The first-order valence-electron chi connectivity index (χ1n) is 7.93. The number of aromatic hydroxyl groups is 1. The molecule has 4 aromatic rings. The summed E-state index contributed by atoms with van der Waals surface area (Å²) in [6.45, 7) is 1.35. The fourth-order valence-electron chi connectivity index (χ4n) is 2.44. The fourth-order valence-corrected chi connectivity index (χ4v) is 2.44. The lowest BCUT2D eigenvalue weighted by Gasteiger charge is -2.00. The quantitative estimate of drug-likeness (QED) is 0.231. The molecular weight excluding hydrogens is 350 g/mol. The number of rotatable bonds is 1. The molecule has 2 aromatic carbocycles. The third-order valence-corrected chi connectivity index (χ3v) is 3.73. The van der Waals surface area contributed by atoms with Crippen LogP contribution in [-0.2, 0) is 0 Å². The van der Waals surface area contributed by atoms with Crippen LogP contribution in [-0.4, -0.2) is 16.1 Å². The molecule has 0 spiro atoms. The zero-order valence-corrected chi connectivity index (χ0v) is 14.2. The number of nitrogens with zero attached hydrogens (tertiary/aromatic N) is 1. The number of para-hydroxylation sites is 1. The minimum Gasteiger partial charge on any atom is -0.508 e. The maximum Gasteiger partial charge on any atom is 0.336 e. The van der Waals surface area contributed by atoms with E-state index in [1.165, 1.54) is 25.1 Å². The zero-order chi connectivity index (χ0) is 19.4. The van der Waals surface area contributed by atoms with Gasteiger partial charge in [-0.3, -0.25) is 4.79 Å². The Hall–Kier alpha value is -3.87. The second-order valence-electron chi connectivity index (χ2n) is 5.64. The molecule has 0 amide bonds. The predicted octanol–water partition coefficient (Wildman–Crippen LogP) is 3.42. The summed E-state index contributed by atoms with van der Waals surface area (Å²) in [5.74, 6) is -0.220. The summed E-state index contributed by atoms with van der Waals surface area (Å²) < 4.78 is 10.1. The van der Waals surface area contributed by atoms with E-state index in [9.17, 15) is 14.7 Å². The Kier molecular flexibility index (Phi) is 5.03. The monoisotopic (exact) mass is 365 g/mol. The summed E-state index contributed by atoms with van der Waals surface area (Å²) in [7, 11) is 0. The molecule has 2 N–H and O–H groups in total. The number of hydrogen-bond donors (Lipinski definition) is 2. The summed E-state index contributed by atoms with van der Waals surface area (Å²) in [5, 5.41) is 22.5. The fraction of sp³-hybridized carbons (Fsp3) is 0.0500. The Balaban J connectivity index is 0.000000166. The van der Waals surface area contributed by atoms with E-state index >= 15 is 0 Å². The molecule has 0 fully saturated rings. The lowest BCUT2D eigenvalue weighted by Crippen LogP contribution is -2.13. The van der Waals surface area contributed by atoms with Crippen molar-refractivity contribution in [1.82, 2.24) is 0 Å². The van der Waals surface area contributed by atoms with Crippen molar-refractivity contribution in [2.75, 3.05) is 0 Å². The van der Waals surface area contributed by atoms with Gasteiger partial charge in [-0.25, -0.2) is 4.79 Å². The largest absolute Gasteiger partial charge is 0.508 e. The Morgan fingerprint density at radius 3 is 2.41 bits per heavy atom. The Morgan fingerprint density at radius 1 is 0.926 bits per heavy atom. The number of Topliss-reactive ketones (excluding diaryl/α,β-unsaturated/α-hetero) is 1. The van der Waals surface area contributed by atoms with Crippen molar-refractivity contribution in [2.24, 2.45) is 5.16 Å². The van der Waals surface area contributed by atoms with Gasteiger partial charge in [0, 0.05) is 22.9 Å². The predicted molar refractivity (Wildman–Crippen MR) is 97.7 cm³/mol. The maximum absolute atomic E-state index is 11.3. The number of phenols is 1. The van der Waals surface area contributed by atoms with E-state index in [1.807, 2.05) is 18.2 Å². The molecule has 0 bridgehead atoms. The third kappa shape index (κ3) is 4.04. The van der Waals surface area contributed by atoms with Gasteiger partial charge in [-0.1, -0.05) is 18.2 Å². The van der Waals surface area contributed by atoms with E-state index in [2.05, 4.69) is 5.16 Å². The second kappa shape index (κ2) is 7.57. The molecule has 2 heterocycles. The highest BCUT2D eigenvalue weighted by atomic mass is 16.5. The van der Waals surface area contributed by atoms with Crippen molar-refractivity contribution in [1.29, 1.82) is 0 Å². The van der Waals surface area contributed by atoms with E-state index in [4.69, 9.17) is 14.0 Å². The summed E-state index contributed by atoms with van der Waals surface area (Å²) >= 11 is 0. The number of hydrogen-bond acceptors (Lipinski definition) is 7. The Bertz CT molecular complexity index is 1250. The smallest absolute Gasteiger partial charge is 0.336 e. The summed E-state index contributed by atoms with van der Waals surface area (Å²) in [6, 6.07) is 16.6. The van der Waals surface area contributed by atoms with Crippen LogP contribution >= 0.6 is 0 Å². The number of carbonyl (C=O) groups excluding carboxylic acids is 1. The number of ketones is 1. The molecule has 0 aliphatic carbocycles. The topological polar surface area (TPSA) is 113 Å². The van der Waals surface area contributed by atoms with Gasteiger partial charge in [0.25, 0.3) is 5.55 Å². The van der Waals surface area contributed by atoms with E-state index in [1.54, 1.807) is 24.3 Å². The van der Waals surface area contributed by atoms with Crippen molar-refractivity contribution < 1.29 is 23.9 Å². The van der Waals surface area contributed by atoms with Crippen LogP contribution in [0.1, 0.15) is 17.3 Å². The molecule has 0 unspecified atom stereocenters. The molecule has 0 saturated carbocycles. The van der Waals surface area contributed by atoms with Gasteiger partial charge in [0.1, 0.15) is 16.9 Å². The SMILES string of the molecule is CC(=O)c1cc2ccc(O)cc2oc1=NO.O=c1ccc2ccccc2o1. The van der Waals surface area contributed by atoms with Crippen LogP contribution < -0.4 is 11.2 Å². The highest BCUT2D eigenvalue weighted by Gasteiger charge is 2.08. The first-order valence-corrected chi connectivity index (χ1v) is 7.93. The van der Waals surface area contributed by atoms with Gasteiger partial charge in [0.2, 0.25) is 0 Å². The second-order valence-corrected chi connectivity index (χ2v) is 5.64. The Labute approximate surface area is 152 Å². The van der Waals surface area contributed by atoms with Crippen molar-refractivity contribution >= 4 is 27.7 Å². The molecule has 2 aromatic heterocycles. The molecule has 0 aliphatic heterocycles. The van der Waals surface area contributed by atoms with Crippen LogP contribution in [0.5, 0.6) is 5.75 Å². The summed E-state index contributed by atoms with van der Waals surface area (Å²) in [4.78, 5) is 22.0. The van der Waals surface area contributed by atoms with Crippen LogP contribution in [0, 0.1) is 0 Å². The molecule has 0 aliphatic rings. The highest BCUT2D eigenvalue weighted by Crippen LogP contribution is 2.19. The lowest BCUT2D eigenvalue weighted by atomic mass is 10.1. The number of fused-ring (bicyclic) bond motifs is 2. The van der Waals surface area contributed by atoms with Crippen LogP contribution in [0.4, 0.5) is 0 Å². The van der Waals surface area contributed by atoms with Gasteiger partial charge < -0.3 is 19.1 Å².